The molecule has 0 saturated carbocycles. The average molecular weight is 517 g/mol. The molecule has 4 nitrogen and oxygen atoms in total. The van der Waals surface area contributed by atoms with Gasteiger partial charge in [0.2, 0.25) is 0 Å². The van der Waals surface area contributed by atoms with Crippen molar-refractivity contribution in [3.05, 3.63) is 95.1 Å². The molecule has 0 amide bonds. The van der Waals surface area contributed by atoms with Crippen molar-refractivity contribution in [2.24, 2.45) is 0 Å². The first-order valence-corrected chi connectivity index (χ1v) is 11.8. The lowest BCUT2D eigenvalue weighted by Crippen LogP contribution is -2.19. The van der Waals surface area contributed by atoms with Crippen molar-refractivity contribution in [2.45, 2.75) is 38.8 Å². The smallest absolute Gasteiger partial charge is 0.422 e. The molecule has 9 heteroatoms. The first-order valence-electron chi connectivity index (χ1n) is 11.8. The number of ether oxygens (including phenoxy) is 2. The van der Waals surface area contributed by atoms with Crippen molar-refractivity contribution in [2.75, 3.05) is 13.2 Å². The number of aryl methyl sites for hydroxylation is 4. The van der Waals surface area contributed by atoms with Gasteiger partial charge in [-0.1, -0.05) is 36.4 Å². The van der Waals surface area contributed by atoms with Gasteiger partial charge in [0.1, 0.15) is 11.6 Å². The zero-order valence-corrected chi connectivity index (χ0v) is 20.1. The third-order valence-corrected chi connectivity index (χ3v) is 5.80. The minimum Gasteiger partial charge on any atom is -0.491 e. The molecule has 4 rings (SSSR count). The highest BCUT2D eigenvalue weighted by Crippen LogP contribution is 2.26. The van der Waals surface area contributed by atoms with Crippen LogP contribution in [0.2, 0.25) is 0 Å². The number of halogens is 5. The Morgan fingerprint density at radius 2 is 1.49 bits per heavy atom. The fraction of sp³-hybridized carbons (Fsp3) is 0.286. The molecule has 0 N–H and O–H groups in total. The topological polar surface area (TPSA) is 44.2 Å². The van der Waals surface area contributed by atoms with E-state index in [1.54, 1.807) is 24.5 Å². The third kappa shape index (κ3) is 7.15. The van der Waals surface area contributed by atoms with Crippen LogP contribution in [-0.2, 0) is 25.7 Å². The van der Waals surface area contributed by atoms with E-state index >= 15 is 4.39 Å². The lowest BCUT2D eigenvalue weighted by molar-refractivity contribution is -0.153. The van der Waals surface area contributed by atoms with Crippen LogP contribution in [0.4, 0.5) is 22.0 Å². The highest BCUT2D eigenvalue weighted by molar-refractivity contribution is 5.84. The van der Waals surface area contributed by atoms with E-state index in [0.29, 0.717) is 60.4 Å². The summed E-state index contributed by atoms with van der Waals surface area (Å²) in [5, 5.41) is 1.25. The van der Waals surface area contributed by atoms with Gasteiger partial charge in [-0.2, -0.15) is 13.2 Å². The molecule has 0 atom stereocenters. The van der Waals surface area contributed by atoms with Crippen LogP contribution in [0.15, 0.2) is 60.9 Å². The number of hydrogen-bond donors (Lipinski definition) is 0. The summed E-state index contributed by atoms with van der Waals surface area (Å²) < 4.78 is 76.0. The average Bonchev–Trinajstić information content (AvgIpc) is 2.87. The van der Waals surface area contributed by atoms with Gasteiger partial charge in [-0.05, 0) is 60.4 Å². The summed E-state index contributed by atoms with van der Waals surface area (Å²) >= 11 is 0. The van der Waals surface area contributed by atoms with Crippen LogP contribution in [0.5, 0.6) is 11.5 Å². The zero-order chi connectivity index (χ0) is 26.4. The summed E-state index contributed by atoms with van der Waals surface area (Å²) in [6.07, 6.45) is 0.696. The van der Waals surface area contributed by atoms with Crippen molar-refractivity contribution >= 4 is 10.8 Å². The van der Waals surface area contributed by atoms with E-state index in [2.05, 4.69) is 14.7 Å². The number of nitrogens with zero attached hydrogens (tertiary/aromatic N) is 2. The first kappa shape index (κ1) is 26.3. The normalized spacial score (nSPS) is 11.6. The molecular formula is C28H25F5N2O2. The van der Waals surface area contributed by atoms with Gasteiger partial charge in [-0.15, -0.1) is 0 Å². The molecule has 0 unspecified atom stereocenters. The van der Waals surface area contributed by atoms with Crippen LogP contribution in [0.25, 0.3) is 10.8 Å². The first-order chi connectivity index (χ1) is 17.7. The van der Waals surface area contributed by atoms with E-state index in [9.17, 15) is 17.6 Å². The second-order valence-corrected chi connectivity index (χ2v) is 8.53. The van der Waals surface area contributed by atoms with Gasteiger partial charge in [0.25, 0.3) is 0 Å². The standard InChI is InChI=1S/C28H25F5N2O2/c1-2-36-22-15-34-26(35-16-22)12-6-18-4-10-23-21(13-18)9-8-20(27(23)30)7-3-19-5-11-25(24(29)14-19)37-17-28(31,32)33/h4-5,8-11,13-16H,2-3,6-7,12,17H2,1H3. The van der Waals surface area contributed by atoms with Crippen LogP contribution < -0.4 is 9.47 Å². The van der Waals surface area contributed by atoms with Crippen LogP contribution in [0.3, 0.4) is 0 Å². The predicted molar refractivity (Wildman–Crippen MR) is 130 cm³/mol. The molecule has 0 radical (unpaired) electrons. The van der Waals surface area contributed by atoms with Gasteiger partial charge < -0.3 is 9.47 Å². The molecule has 1 heterocycles. The summed E-state index contributed by atoms with van der Waals surface area (Å²) in [6.45, 7) is 0.874. The Morgan fingerprint density at radius 1 is 0.784 bits per heavy atom. The molecule has 0 bridgehead atoms. The van der Waals surface area contributed by atoms with Gasteiger partial charge in [0.05, 0.1) is 19.0 Å². The fourth-order valence-corrected chi connectivity index (χ4v) is 3.96. The number of alkyl halides is 3. The maximum atomic E-state index is 15.2. The van der Waals surface area contributed by atoms with E-state index in [4.69, 9.17) is 4.74 Å². The van der Waals surface area contributed by atoms with E-state index in [-0.39, 0.29) is 5.82 Å². The Labute approximate surface area is 211 Å². The maximum absolute atomic E-state index is 15.2. The van der Waals surface area contributed by atoms with Gasteiger partial charge in [0.15, 0.2) is 23.9 Å². The van der Waals surface area contributed by atoms with Crippen molar-refractivity contribution < 1.29 is 31.4 Å². The molecule has 4 aromatic rings. The Balaban J connectivity index is 1.38. The number of aromatic nitrogens is 2. The van der Waals surface area contributed by atoms with Crippen LogP contribution in [0.1, 0.15) is 29.4 Å². The molecule has 0 saturated heterocycles. The molecule has 1 aromatic heterocycles. The fourth-order valence-electron chi connectivity index (χ4n) is 3.96. The molecule has 0 aliphatic rings. The Kier molecular flexibility index (Phi) is 8.21. The minimum atomic E-state index is -4.55. The number of fused-ring (bicyclic) bond motifs is 1. The number of hydrogen-bond acceptors (Lipinski definition) is 4. The predicted octanol–water partition coefficient (Wildman–Crippen LogP) is 6.82. The van der Waals surface area contributed by atoms with Crippen LogP contribution in [-0.4, -0.2) is 29.4 Å². The van der Waals surface area contributed by atoms with Crippen LogP contribution >= 0.6 is 0 Å². The van der Waals surface area contributed by atoms with Crippen LogP contribution in [0, 0.1) is 11.6 Å². The monoisotopic (exact) mass is 516 g/mol. The largest absolute Gasteiger partial charge is 0.491 e. The molecule has 0 aliphatic heterocycles. The van der Waals surface area contributed by atoms with Gasteiger partial charge in [-0.3, -0.25) is 0 Å². The maximum Gasteiger partial charge on any atom is 0.422 e. The van der Waals surface area contributed by atoms with Gasteiger partial charge >= 0.3 is 6.18 Å². The SMILES string of the molecule is CCOc1cnc(CCc2ccc3c(F)c(CCc4ccc(OCC(F)(F)F)c(F)c4)ccc3c2)nc1. The summed E-state index contributed by atoms with van der Waals surface area (Å²) in [6, 6.07) is 12.9. The quantitative estimate of drug-likeness (QED) is 0.217. The van der Waals surface area contributed by atoms with Crippen molar-refractivity contribution in [3.8, 4) is 11.5 Å². The second-order valence-electron chi connectivity index (χ2n) is 8.53. The number of benzene rings is 3. The van der Waals surface area contributed by atoms with E-state index in [1.165, 1.54) is 6.07 Å². The summed E-state index contributed by atoms with van der Waals surface area (Å²) in [5.74, 6) is -0.377. The molecule has 0 spiro atoms. The zero-order valence-electron chi connectivity index (χ0n) is 20.1. The third-order valence-electron chi connectivity index (χ3n) is 5.80. The molecule has 37 heavy (non-hydrogen) atoms. The molecule has 0 aliphatic carbocycles. The van der Waals surface area contributed by atoms with Gasteiger partial charge in [0, 0.05) is 11.8 Å². The van der Waals surface area contributed by atoms with E-state index in [1.807, 2.05) is 25.1 Å². The Hall–Kier alpha value is -3.75. The highest BCUT2D eigenvalue weighted by atomic mass is 19.4. The van der Waals surface area contributed by atoms with Crippen molar-refractivity contribution in [3.63, 3.8) is 0 Å². The highest BCUT2D eigenvalue weighted by Gasteiger charge is 2.29. The summed E-state index contributed by atoms with van der Waals surface area (Å²) in [4.78, 5) is 8.61. The molecular weight excluding hydrogens is 491 g/mol. The lowest BCUT2D eigenvalue weighted by Gasteiger charge is -2.11. The Bertz CT molecular complexity index is 1360. The molecule has 0 fully saturated rings. The molecule has 3 aromatic carbocycles. The van der Waals surface area contributed by atoms with E-state index < -0.39 is 24.3 Å². The molecule has 194 valence electrons. The Morgan fingerprint density at radius 3 is 2.19 bits per heavy atom. The van der Waals surface area contributed by atoms with Gasteiger partial charge in [-0.25, -0.2) is 18.7 Å². The summed E-state index contributed by atoms with van der Waals surface area (Å²) in [7, 11) is 0. The van der Waals surface area contributed by atoms with Crippen molar-refractivity contribution in [1.82, 2.24) is 9.97 Å². The summed E-state index contributed by atoms with van der Waals surface area (Å²) in [5.41, 5.74) is 2.03. The minimum absolute atomic E-state index is 0.306. The number of rotatable bonds is 10. The van der Waals surface area contributed by atoms with E-state index in [0.717, 1.165) is 23.1 Å². The van der Waals surface area contributed by atoms with Crippen molar-refractivity contribution in [1.29, 1.82) is 0 Å². The second kappa shape index (κ2) is 11.5. The lowest BCUT2D eigenvalue weighted by atomic mass is 9.98.